The van der Waals surface area contributed by atoms with Crippen LogP contribution in [0.3, 0.4) is 0 Å². The Kier molecular flexibility index (Phi) is 5.32. The molecule has 8 nitrogen and oxygen atoms in total. The first-order valence-electron chi connectivity index (χ1n) is 9.74. The van der Waals surface area contributed by atoms with Crippen LogP contribution in [0.25, 0.3) is 22.3 Å². The maximum Gasteiger partial charge on any atom is 0.264 e. The van der Waals surface area contributed by atoms with Crippen LogP contribution in [-0.4, -0.2) is 36.3 Å². The minimum Gasteiger partial charge on any atom is -0.353 e. The van der Waals surface area contributed by atoms with Crippen molar-refractivity contribution in [2.45, 2.75) is 26.8 Å². The van der Waals surface area contributed by atoms with Crippen LogP contribution in [0.4, 0.5) is 5.95 Å². The van der Waals surface area contributed by atoms with E-state index >= 15 is 0 Å². The van der Waals surface area contributed by atoms with E-state index in [9.17, 15) is 9.59 Å². The van der Waals surface area contributed by atoms with Crippen molar-refractivity contribution in [2.24, 2.45) is 7.05 Å². The Labute approximate surface area is 183 Å². The molecule has 0 radical (unpaired) electrons. The van der Waals surface area contributed by atoms with Crippen molar-refractivity contribution >= 4 is 34.4 Å². The molecule has 0 bridgehead atoms. The first-order chi connectivity index (χ1) is 14.8. The standard InChI is InChI=1S/C22H21ClN6O2/c1-11(2)27-22-26-10-17(21(31)29(22)4)18-6-5-14(12(3)28-18)19(30)16-9-25-20-15(16)7-13(23)8-24-20/h5-11H,1-4H3,(H,24,25)(H,26,27). The van der Waals surface area contributed by atoms with Crippen LogP contribution >= 0.6 is 11.6 Å². The zero-order valence-electron chi connectivity index (χ0n) is 17.5. The van der Waals surface area contributed by atoms with Crippen LogP contribution in [0.5, 0.6) is 0 Å². The van der Waals surface area contributed by atoms with Gasteiger partial charge in [-0.15, -0.1) is 0 Å². The molecule has 0 aromatic carbocycles. The zero-order chi connectivity index (χ0) is 22.3. The predicted molar refractivity (Wildman–Crippen MR) is 121 cm³/mol. The third-order valence-electron chi connectivity index (χ3n) is 4.94. The summed E-state index contributed by atoms with van der Waals surface area (Å²) in [6.07, 6.45) is 4.64. The number of fused-ring (bicyclic) bond motifs is 1. The van der Waals surface area contributed by atoms with E-state index < -0.39 is 0 Å². The maximum absolute atomic E-state index is 13.2. The first-order valence-corrected chi connectivity index (χ1v) is 10.1. The van der Waals surface area contributed by atoms with Gasteiger partial charge in [0.25, 0.3) is 5.56 Å². The number of carbonyl (C=O) groups excluding carboxylic acids is 1. The molecule has 0 atom stereocenters. The molecule has 0 saturated heterocycles. The third-order valence-corrected chi connectivity index (χ3v) is 5.14. The SMILES string of the molecule is Cc1nc(-c2cnc(NC(C)C)n(C)c2=O)ccc1C(=O)c1c[nH]c2ncc(Cl)cc12. The van der Waals surface area contributed by atoms with Crippen molar-refractivity contribution < 1.29 is 4.79 Å². The van der Waals surface area contributed by atoms with E-state index in [-0.39, 0.29) is 17.4 Å². The molecule has 0 unspecified atom stereocenters. The van der Waals surface area contributed by atoms with E-state index in [0.29, 0.717) is 50.1 Å². The van der Waals surface area contributed by atoms with Gasteiger partial charge in [-0.25, -0.2) is 9.97 Å². The fourth-order valence-electron chi connectivity index (χ4n) is 3.37. The number of nitrogens with one attached hydrogen (secondary N) is 2. The highest BCUT2D eigenvalue weighted by atomic mass is 35.5. The van der Waals surface area contributed by atoms with Gasteiger partial charge >= 0.3 is 0 Å². The summed E-state index contributed by atoms with van der Waals surface area (Å²) in [7, 11) is 1.66. The van der Waals surface area contributed by atoms with Gasteiger partial charge < -0.3 is 10.3 Å². The lowest BCUT2D eigenvalue weighted by atomic mass is 10.0. The molecule has 4 rings (SSSR count). The monoisotopic (exact) mass is 436 g/mol. The Balaban J connectivity index is 1.72. The summed E-state index contributed by atoms with van der Waals surface area (Å²) in [5.74, 6) is 0.285. The third kappa shape index (κ3) is 3.82. The van der Waals surface area contributed by atoms with Gasteiger partial charge in [-0.2, -0.15) is 0 Å². The van der Waals surface area contributed by atoms with Gasteiger partial charge in [0.1, 0.15) is 5.65 Å². The molecule has 0 fully saturated rings. The smallest absolute Gasteiger partial charge is 0.264 e. The van der Waals surface area contributed by atoms with E-state index in [2.05, 4.69) is 25.3 Å². The molecule has 0 aliphatic heterocycles. The second kappa shape index (κ2) is 7.96. The second-order valence-electron chi connectivity index (χ2n) is 7.57. The highest BCUT2D eigenvalue weighted by Crippen LogP contribution is 2.24. The first kappa shape index (κ1) is 20.7. The minimum absolute atomic E-state index is 0.143. The number of aromatic nitrogens is 5. The molecule has 31 heavy (non-hydrogen) atoms. The van der Waals surface area contributed by atoms with Crippen LogP contribution < -0.4 is 10.9 Å². The van der Waals surface area contributed by atoms with Gasteiger partial charge in [0.15, 0.2) is 5.78 Å². The molecule has 0 spiro atoms. The van der Waals surface area contributed by atoms with E-state index in [1.165, 1.54) is 17.0 Å². The number of ketones is 1. The number of H-pyrrole nitrogens is 1. The van der Waals surface area contributed by atoms with E-state index in [1.54, 1.807) is 38.4 Å². The highest BCUT2D eigenvalue weighted by molar-refractivity contribution is 6.31. The number of aromatic amines is 1. The molecule has 4 heterocycles. The number of halogens is 1. The normalized spacial score (nSPS) is 11.3. The van der Waals surface area contributed by atoms with Gasteiger partial charge in [0.2, 0.25) is 5.95 Å². The summed E-state index contributed by atoms with van der Waals surface area (Å²) >= 11 is 6.04. The predicted octanol–water partition coefficient (Wildman–Crippen LogP) is 3.73. The molecule has 0 amide bonds. The summed E-state index contributed by atoms with van der Waals surface area (Å²) in [6.45, 7) is 5.68. The van der Waals surface area contributed by atoms with Gasteiger partial charge in [-0.3, -0.25) is 19.1 Å². The minimum atomic E-state index is -0.221. The summed E-state index contributed by atoms with van der Waals surface area (Å²) in [6, 6.07) is 5.18. The number of pyridine rings is 2. The summed E-state index contributed by atoms with van der Waals surface area (Å²) in [4.78, 5) is 42.0. The molecule has 0 aliphatic rings. The molecule has 2 N–H and O–H groups in total. The number of nitrogens with zero attached hydrogens (tertiary/aromatic N) is 4. The number of anilines is 1. The van der Waals surface area contributed by atoms with Crippen molar-refractivity contribution in [1.82, 2.24) is 24.5 Å². The number of carbonyl (C=O) groups is 1. The Morgan fingerprint density at radius 2 is 1.97 bits per heavy atom. The number of hydrogen-bond acceptors (Lipinski definition) is 6. The van der Waals surface area contributed by atoms with E-state index in [4.69, 9.17) is 11.6 Å². The van der Waals surface area contributed by atoms with Crippen LogP contribution in [0.1, 0.15) is 35.5 Å². The summed E-state index contributed by atoms with van der Waals surface area (Å²) in [5, 5.41) is 4.23. The maximum atomic E-state index is 13.2. The molecular weight excluding hydrogens is 416 g/mol. The van der Waals surface area contributed by atoms with Crippen molar-refractivity contribution in [1.29, 1.82) is 0 Å². The van der Waals surface area contributed by atoms with Crippen molar-refractivity contribution in [3.05, 3.63) is 69.0 Å². The highest BCUT2D eigenvalue weighted by Gasteiger charge is 2.19. The van der Waals surface area contributed by atoms with Gasteiger partial charge in [0.05, 0.1) is 16.3 Å². The molecule has 4 aromatic heterocycles. The average Bonchev–Trinajstić information content (AvgIpc) is 3.14. The number of rotatable bonds is 5. The van der Waals surface area contributed by atoms with Gasteiger partial charge in [-0.1, -0.05) is 11.6 Å². The lowest BCUT2D eigenvalue weighted by Gasteiger charge is -2.13. The molecule has 0 saturated carbocycles. The van der Waals surface area contributed by atoms with Crippen molar-refractivity contribution in [3.8, 4) is 11.3 Å². The number of hydrogen-bond donors (Lipinski definition) is 2. The topological polar surface area (TPSA) is 106 Å². The van der Waals surface area contributed by atoms with Crippen LogP contribution in [0.2, 0.25) is 5.02 Å². The average molecular weight is 437 g/mol. The molecule has 158 valence electrons. The zero-order valence-corrected chi connectivity index (χ0v) is 18.3. The van der Waals surface area contributed by atoms with E-state index in [1.807, 2.05) is 13.8 Å². The lowest BCUT2D eigenvalue weighted by Crippen LogP contribution is -2.26. The van der Waals surface area contributed by atoms with Crippen LogP contribution in [-0.2, 0) is 7.05 Å². The molecule has 4 aromatic rings. The Hall–Kier alpha value is -3.52. The largest absolute Gasteiger partial charge is 0.353 e. The fourth-order valence-corrected chi connectivity index (χ4v) is 3.53. The van der Waals surface area contributed by atoms with E-state index in [0.717, 1.165) is 0 Å². The fraction of sp³-hybridized carbons (Fsp3) is 0.227. The summed E-state index contributed by atoms with van der Waals surface area (Å²) in [5.41, 5.74) is 2.60. The molecule has 9 heteroatoms. The van der Waals surface area contributed by atoms with Crippen LogP contribution in [0.15, 0.2) is 41.6 Å². The summed E-state index contributed by atoms with van der Waals surface area (Å²) < 4.78 is 1.45. The van der Waals surface area contributed by atoms with Crippen molar-refractivity contribution in [2.75, 3.05) is 5.32 Å². The lowest BCUT2D eigenvalue weighted by molar-refractivity contribution is 0.103. The van der Waals surface area contributed by atoms with Crippen molar-refractivity contribution in [3.63, 3.8) is 0 Å². The number of aryl methyl sites for hydroxylation is 1. The Morgan fingerprint density at radius 1 is 1.19 bits per heavy atom. The van der Waals surface area contributed by atoms with Crippen LogP contribution in [0, 0.1) is 6.92 Å². The quantitative estimate of drug-likeness (QED) is 0.462. The van der Waals surface area contributed by atoms with Gasteiger partial charge in [-0.05, 0) is 39.0 Å². The van der Waals surface area contributed by atoms with Gasteiger partial charge in [0, 0.05) is 53.9 Å². The Morgan fingerprint density at radius 3 is 2.68 bits per heavy atom. The molecular formula is C22H21ClN6O2. The molecule has 0 aliphatic carbocycles. The second-order valence-corrected chi connectivity index (χ2v) is 8.01. The Bertz CT molecular complexity index is 1370.